The third-order valence-electron chi connectivity index (χ3n) is 3.29. The molecule has 2 rings (SSSR count). The second kappa shape index (κ2) is 9.17. The Balaban J connectivity index is 1.93. The van der Waals surface area contributed by atoms with Gasteiger partial charge in [-0.05, 0) is 47.0 Å². The van der Waals surface area contributed by atoms with E-state index < -0.39 is 6.10 Å². The van der Waals surface area contributed by atoms with E-state index in [4.69, 9.17) is 4.74 Å². The van der Waals surface area contributed by atoms with Gasteiger partial charge in [-0.3, -0.25) is 0 Å². The van der Waals surface area contributed by atoms with Crippen LogP contribution in [0.25, 0.3) is 0 Å². The molecule has 1 unspecified atom stereocenters. The van der Waals surface area contributed by atoms with E-state index >= 15 is 0 Å². The molecule has 0 aliphatic rings. The molecule has 5 nitrogen and oxygen atoms in total. The minimum Gasteiger partial charge on any atom is -0.497 e. The highest BCUT2D eigenvalue weighted by Gasteiger charge is 2.09. The second-order valence-corrected chi connectivity index (χ2v) is 5.78. The molecule has 1 heterocycles. The number of aliphatic hydroxyl groups excluding tert-OH is 1. The standard InChI is InChI=1S/C17H23N3O2S/c1-3-18-17(19-10-13-7-8-23-12-13)20-11-16(21)14-5-4-6-15(9-14)22-2/h4-9,12,16,21H,3,10-11H2,1-2H3,(H2,18,19,20). The summed E-state index contributed by atoms with van der Waals surface area (Å²) in [6, 6.07) is 9.50. The van der Waals surface area contributed by atoms with Crippen LogP contribution in [0.15, 0.2) is 46.1 Å². The molecule has 0 saturated carbocycles. The molecule has 1 aromatic heterocycles. The summed E-state index contributed by atoms with van der Waals surface area (Å²) >= 11 is 1.66. The van der Waals surface area contributed by atoms with E-state index in [0.717, 1.165) is 17.9 Å². The molecule has 124 valence electrons. The van der Waals surface area contributed by atoms with Crippen molar-refractivity contribution in [2.75, 3.05) is 20.2 Å². The number of aliphatic imine (C=N–C) groups is 1. The first-order chi connectivity index (χ1) is 11.2. The van der Waals surface area contributed by atoms with Crippen molar-refractivity contribution in [3.05, 3.63) is 52.2 Å². The Morgan fingerprint density at radius 2 is 2.22 bits per heavy atom. The fourth-order valence-corrected chi connectivity index (χ4v) is 2.71. The van der Waals surface area contributed by atoms with Crippen molar-refractivity contribution in [3.8, 4) is 5.75 Å². The lowest BCUT2D eigenvalue weighted by atomic mass is 10.1. The van der Waals surface area contributed by atoms with E-state index in [1.165, 1.54) is 5.56 Å². The number of hydrogen-bond acceptors (Lipinski definition) is 4. The van der Waals surface area contributed by atoms with Crippen LogP contribution in [0, 0.1) is 0 Å². The number of thiophene rings is 1. The average molecular weight is 333 g/mol. The van der Waals surface area contributed by atoms with E-state index in [1.54, 1.807) is 18.4 Å². The monoisotopic (exact) mass is 333 g/mol. The van der Waals surface area contributed by atoms with Gasteiger partial charge in [-0.2, -0.15) is 11.3 Å². The second-order valence-electron chi connectivity index (χ2n) is 5.00. The van der Waals surface area contributed by atoms with Crippen LogP contribution >= 0.6 is 11.3 Å². The van der Waals surface area contributed by atoms with Crippen LogP contribution in [0.3, 0.4) is 0 Å². The zero-order valence-corrected chi connectivity index (χ0v) is 14.3. The Kier molecular flexibility index (Phi) is 6.90. The van der Waals surface area contributed by atoms with Crippen molar-refractivity contribution in [1.82, 2.24) is 10.6 Å². The topological polar surface area (TPSA) is 65.9 Å². The maximum Gasteiger partial charge on any atom is 0.191 e. The summed E-state index contributed by atoms with van der Waals surface area (Å²) in [7, 11) is 1.62. The van der Waals surface area contributed by atoms with Crippen molar-refractivity contribution in [2.45, 2.75) is 19.6 Å². The molecule has 23 heavy (non-hydrogen) atoms. The summed E-state index contributed by atoms with van der Waals surface area (Å²) in [6.45, 7) is 3.78. The van der Waals surface area contributed by atoms with Gasteiger partial charge in [0.1, 0.15) is 5.75 Å². The van der Waals surface area contributed by atoms with Gasteiger partial charge in [0.25, 0.3) is 0 Å². The maximum atomic E-state index is 10.3. The van der Waals surface area contributed by atoms with Crippen LogP contribution in [0.2, 0.25) is 0 Å². The molecule has 2 aromatic rings. The molecule has 0 spiro atoms. The Hall–Kier alpha value is -2.05. The third-order valence-corrected chi connectivity index (χ3v) is 4.02. The van der Waals surface area contributed by atoms with Crippen LogP contribution in [-0.2, 0) is 6.54 Å². The van der Waals surface area contributed by atoms with Crippen LogP contribution < -0.4 is 15.4 Å². The van der Waals surface area contributed by atoms with Crippen molar-refractivity contribution in [2.24, 2.45) is 4.99 Å². The molecule has 3 N–H and O–H groups in total. The van der Waals surface area contributed by atoms with Gasteiger partial charge >= 0.3 is 0 Å². The lowest BCUT2D eigenvalue weighted by Gasteiger charge is -2.16. The van der Waals surface area contributed by atoms with Gasteiger partial charge in [-0.25, -0.2) is 4.99 Å². The van der Waals surface area contributed by atoms with E-state index in [2.05, 4.69) is 27.1 Å². The zero-order valence-electron chi connectivity index (χ0n) is 13.5. The Morgan fingerprint density at radius 1 is 1.35 bits per heavy atom. The van der Waals surface area contributed by atoms with Crippen LogP contribution in [0.4, 0.5) is 0 Å². The van der Waals surface area contributed by atoms with Gasteiger partial charge in [-0.15, -0.1) is 0 Å². The number of benzene rings is 1. The van der Waals surface area contributed by atoms with Gasteiger partial charge in [-0.1, -0.05) is 12.1 Å². The predicted molar refractivity (Wildman–Crippen MR) is 95.1 cm³/mol. The molecule has 0 bridgehead atoms. The summed E-state index contributed by atoms with van der Waals surface area (Å²) in [5.41, 5.74) is 1.99. The summed E-state index contributed by atoms with van der Waals surface area (Å²) in [4.78, 5) is 4.52. The summed E-state index contributed by atoms with van der Waals surface area (Å²) in [5, 5.41) is 20.8. The van der Waals surface area contributed by atoms with Gasteiger partial charge in [0, 0.05) is 13.1 Å². The normalized spacial score (nSPS) is 12.7. The number of nitrogens with zero attached hydrogens (tertiary/aromatic N) is 1. The first kappa shape index (κ1) is 17.3. The molecule has 0 fully saturated rings. The molecule has 0 saturated heterocycles. The number of aliphatic hydroxyl groups is 1. The molecule has 1 aromatic carbocycles. The number of rotatable bonds is 7. The summed E-state index contributed by atoms with van der Waals surface area (Å²) < 4.78 is 5.18. The number of ether oxygens (including phenoxy) is 1. The molecule has 0 aliphatic heterocycles. The van der Waals surface area contributed by atoms with Crippen molar-refractivity contribution in [1.29, 1.82) is 0 Å². The van der Waals surface area contributed by atoms with Gasteiger partial charge < -0.3 is 20.5 Å². The number of methoxy groups -OCH3 is 1. The maximum absolute atomic E-state index is 10.3. The van der Waals surface area contributed by atoms with Gasteiger partial charge in [0.05, 0.1) is 19.8 Å². The van der Waals surface area contributed by atoms with Crippen molar-refractivity contribution in [3.63, 3.8) is 0 Å². The van der Waals surface area contributed by atoms with Crippen LogP contribution in [-0.4, -0.2) is 31.3 Å². The molecule has 0 aliphatic carbocycles. The van der Waals surface area contributed by atoms with E-state index in [9.17, 15) is 5.11 Å². The lowest BCUT2D eigenvalue weighted by molar-refractivity contribution is 0.180. The van der Waals surface area contributed by atoms with Gasteiger partial charge in [0.15, 0.2) is 5.96 Å². The number of guanidine groups is 1. The lowest BCUT2D eigenvalue weighted by Crippen LogP contribution is -2.39. The zero-order chi connectivity index (χ0) is 16.5. The van der Waals surface area contributed by atoms with Crippen molar-refractivity contribution < 1.29 is 9.84 Å². The van der Waals surface area contributed by atoms with Gasteiger partial charge in [0.2, 0.25) is 0 Å². The molecule has 1 atom stereocenters. The highest BCUT2D eigenvalue weighted by atomic mass is 32.1. The van der Waals surface area contributed by atoms with Crippen LogP contribution in [0.1, 0.15) is 24.2 Å². The summed E-state index contributed by atoms with van der Waals surface area (Å²) in [6.07, 6.45) is -0.630. The molecule has 0 amide bonds. The Labute approximate surface area is 141 Å². The fraction of sp³-hybridized carbons (Fsp3) is 0.353. The minimum absolute atomic E-state index is 0.378. The summed E-state index contributed by atoms with van der Waals surface area (Å²) in [5.74, 6) is 1.43. The van der Waals surface area contributed by atoms with E-state index in [1.807, 2.05) is 36.6 Å². The molecular weight excluding hydrogens is 310 g/mol. The van der Waals surface area contributed by atoms with E-state index in [-0.39, 0.29) is 0 Å². The highest BCUT2D eigenvalue weighted by molar-refractivity contribution is 7.07. The quantitative estimate of drug-likeness (QED) is 0.538. The molecular formula is C17H23N3O2S. The van der Waals surface area contributed by atoms with E-state index in [0.29, 0.717) is 19.0 Å². The van der Waals surface area contributed by atoms with Crippen LogP contribution in [0.5, 0.6) is 5.75 Å². The number of nitrogens with one attached hydrogen (secondary N) is 2. The average Bonchev–Trinajstić information content (AvgIpc) is 3.10. The first-order valence-electron chi connectivity index (χ1n) is 7.58. The molecule has 6 heteroatoms. The third kappa shape index (κ3) is 5.58. The highest BCUT2D eigenvalue weighted by Crippen LogP contribution is 2.18. The fourth-order valence-electron chi connectivity index (χ4n) is 2.05. The first-order valence-corrected chi connectivity index (χ1v) is 8.52. The number of hydrogen-bond donors (Lipinski definition) is 3. The Morgan fingerprint density at radius 3 is 2.91 bits per heavy atom. The largest absolute Gasteiger partial charge is 0.497 e. The molecule has 0 radical (unpaired) electrons. The Bertz CT molecular complexity index is 614. The van der Waals surface area contributed by atoms with Crippen molar-refractivity contribution >= 4 is 17.3 Å². The predicted octanol–water partition coefficient (Wildman–Crippen LogP) is 2.55. The smallest absolute Gasteiger partial charge is 0.191 e. The minimum atomic E-state index is -0.630. The SMILES string of the molecule is CCNC(=NCc1ccsc1)NCC(O)c1cccc(OC)c1.